The lowest BCUT2D eigenvalue weighted by molar-refractivity contribution is 0.373. The van der Waals surface area contributed by atoms with Gasteiger partial charge in [-0.25, -0.2) is 4.98 Å². The maximum Gasteiger partial charge on any atom is 0.204 e. The van der Waals surface area contributed by atoms with Crippen LogP contribution in [-0.2, 0) is 0 Å². The number of rotatable bonds is 4. The Morgan fingerprint density at radius 3 is 2.72 bits per heavy atom. The number of benzene rings is 3. The molecule has 0 aliphatic carbocycles. The summed E-state index contributed by atoms with van der Waals surface area (Å²) in [6.07, 6.45) is 0. The standard InChI is InChI=1S/C25H21N3O3S/c1-14-10-15(2)24-18(27-28-25-26-17-6-4-5-7-23(17)32-25)13-20(31-22(24)11-14)16-8-9-19(29)21(12-16)30-3/h4-13,29H,1-3H3,(H,26,28). The molecule has 7 heteroatoms. The molecule has 3 aromatic carbocycles. The number of aromatic hydroxyl groups is 1. The molecule has 0 fully saturated rings. The first kappa shape index (κ1) is 20.1. The monoisotopic (exact) mass is 443 g/mol. The number of phenols is 1. The Morgan fingerprint density at radius 2 is 1.91 bits per heavy atom. The fraction of sp³-hybridized carbons (Fsp3) is 0.120. The van der Waals surface area contributed by atoms with E-state index in [1.807, 2.05) is 50.2 Å². The number of phenolic OH excluding ortho intramolecular Hbond substituents is 1. The van der Waals surface area contributed by atoms with Gasteiger partial charge in [0.1, 0.15) is 11.3 Å². The second-order valence-electron chi connectivity index (χ2n) is 7.55. The number of aryl methyl sites for hydroxylation is 2. The smallest absolute Gasteiger partial charge is 0.204 e. The summed E-state index contributed by atoms with van der Waals surface area (Å²) in [5, 5.41) is 17.0. The van der Waals surface area contributed by atoms with Crippen molar-refractivity contribution in [3.05, 3.63) is 77.1 Å². The summed E-state index contributed by atoms with van der Waals surface area (Å²) in [5.41, 5.74) is 7.74. The molecule has 2 heterocycles. The number of hydrogen-bond acceptors (Lipinski definition) is 7. The molecule has 0 saturated heterocycles. The number of hydrogen-bond donors (Lipinski definition) is 2. The van der Waals surface area contributed by atoms with E-state index < -0.39 is 0 Å². The highest BCUT2D eigenvalue weighted by Crippen LogP contribution is 2.32. The third-order valence-corrected chi connectivity index (χ3v) is 6.16. The van der Waals surface area contributed by atoms with Crippen LogP contribution in [0.1, 0.15) is 11.1 Å². The van der Waals surface area contributed by atoms with Crippen LogP contribution >= 0.6 is 11.3 Å². The molecule has 0 bridgehead atoms. The Bertz CT molecular complexity index is 1500. The van der Waals surface area contributed by atoms with Crippen molar-refractivity contribution in [3.63, 3.8) is 0 Å². The lowest BCUT2D eigenvalue weighted by Crippen LogP contribution is -2.09. The molecule has 5 aromatic rings. The summed E-state index contributed by atoms with van der Waals surface area (Å²) in [4.78, 5) is 4.60. The second-order valence-corrected chi connectivity index (χ2v) is 8.58. The van der Waals surface area contributed by atoms with E-state index in [1.165, 1.54) is 7.11 Å². The number of aromatic nitrogens is 1. The molecule has 32 heavy (non-hydrogen) atoms. The number of nitrogens with zero attached hydrogens (tertiary/aromatic N) is 2. The molecule has 5 rings (SSSR count). The molecular weight excluding hydrogens is 422 g/mol. The molecule has 0 radical (unpaired) electrons. The lowest BCUT2D eigenvalue weighted by Gasteiger charge is -2.10. The van der Waals surface area contributed by atoms with Crippen LogP contribution in [-0.4, -0.2) is 17.2 Å². The van der Waals surface area contributed by atoms with Gasteiger partial charge in [-0.2, -0.15) is 5.10 Å². The van der Waals surface area contributed by atoms with E-state index in [9.17, 15) is 5.11 Å². The number of anilines is 1. The minimum absolute atomic E-state index is 0.0751. The fourth-order valence-corrected chi connectivity index (χ4v) is 4.58. The van der Waals surface area contributed by atoms with Gasteiger partial charge in [0.05, 0.1) is 22.7 Å². The minimum atomic E-state index is 0.0751. The summed E-state index contributed by atoms with van der Waals surface area (Å²) in [7, 11) is 1.52. The molecule has 6 nitrogen and oxygen atoms in total. The van der Waals surface area contributed by atoms with Crippen LogP contribution in [0.5, 0.6) is 11.5 Å². The number of ether oxygens (including phenoxy) is 1. The van der Waals surface area contributed by atoms with Crippen molar-refractivity contribution in [2.45, 2.75) is 13.8 Å². The van der Waals surface area contributed by atoms with E-state index in [2.05, 4.69) is 16.5 Å². The van der Waals surface area contributed by atoms with E-state index in [0.717, 1.165) is 48.4 Å². The van der Waals surface area contributed by atoms with E-state index >= 15 is 0 Å². The van der Waals surface area contributed by atoms with Crippen LogP contribution < -0.4 is 15.5 Å². The highest BCUT2D eigenvalue weighted by molar-refractivity contribution is 7.22. The zero-order chi connectivity index (χ0) is 22.2. The maximum atomic E-state index is 9.96. The van der Waals surface area contributed by atoms with Crippen LogP contribution in [0, 0.1) is 13.8 Å². The zero-order valence-electron chi connectivity index (χ0n) is 17.8. The van der Waals surface area contributed by atoms with Gasteiger partial charge in [0, 0.05) is 17.0 Å². The van der Waals surface area contributed by atoms with Gasteiger partial charge in [-0.3, -0.25) is 5.43 Å². The van der Waals surface area contributed by atoms with Gasteiger partial charge < -0.3 is 14.3 Å². The second kappa shape index (κ2) is 8.01. The normalized spacial score (nSPS) is 11.9. The predicted octanol–water partition coefficient (Wildman–Crippen LogP) is 5.97. The first-order valence-electron chi connectivity index (χ1n) is 10.1. The quantitative estimate of drug-likeness (QED) is 0.335. The van der Waals surface area contributed by atoms with Crippen LogP contribution in [0.2, 0.25) is 0 Å². The molecule has 0 amide bonds. The fourth-order valence-electron chi connectivity index (χ4n) is 3.77. The van der Waals surface area contributed by atoms with Crippen molar-refractivity contribution in [3.8, 4) is 22.8 Å². The molecule has 0 spiro atoms. The van der Waals surface area contributed by atoms with Gasteiger partial charge in [-0.15, -0.1) is 0 Å². The van der Waals surface area contributed by atoms with Crippen molar-refractivity contribution in [1.29, 1.82) is 0 Å². The number of nitrogens with one attached hydrogen (secondary N) is 1. The van der Waals surface area contributed by atoms with Crippen molar-refractivity contribution in [1.82, 2.24) is 4.98 Å². The number of methoxy groups -OCH3 is 1. The number of fused-ring (bicyclic) bond motifs is 2. The van der Waals surface area contributed by atoms with Gasteiger partial charge in [-0.1, -0.05) is 29.5 Å². The molecular formula is C25H21N3O3S. The predicted molar refractivity (Wildman–Crippen MR) is 128 cm³/mol. The zero-order valence-corrected chi connectivity index (χ0v) is 18.7. The van der Waals surface area contributed by atoms with Crippen LogP contribution in [0.4, 0.5) is 5.13 Å². The molecule has 0 unspecified atom stereocenters. The molecule has 0 aliphatic heterocycles. The Kier molecular flexibility index (Phi) is 5.03. The van der Waals surface area contributed by atoms with E-state index in [0.29, 0.717) is 11.5 Å². The van der Waals surface area contributed by atoms with E-state index in [1.54, 1.807) is 29.5 Å². The van der Waals surface area contributed by atoms with Crippen LogP contribution in [0.25, 0.3) is 32.5 Å². The number of thiazole rings is 1. The van der Waals surface area contributed by atoms with Gasteiger partial charge in [0.2, 0.25) is 5.13 Å². The average molecular weight is 444 g/mol. The van der Waals surface area contributed by atoms with Crippen molar-refractivity contribution in [2.24, 2.45) is 5.10 Å². The Balaban J connectivity index is 1.68. The Hall–Kier alpha value is -3.84. The first-order valence-corrected chi connectivity index (χ1v) is 10.9. The Labute approximate surface area is 188 Å². The maximum absolute atomic E-state index is 9.96. The molecule has 0 atom stereocenters. The SMILES string of the molecule is COc1cc(-c2cc(=NNc3nc4ccccc4s3)c3c(C)cc(C)cc3o2)ccc1O. The molecule has 2 aromatic heterocycles. The van der Waals surface area contributed by atoms with Crippen molar-refractivity contribution < 1.29 is 14.3 Å². The highest BCUT2D eigenvalue weighted by Gasteiger charge is 2.12. The molecule has 160 valence electrons. The lowest BCUT2D eigenvalue weighted by atomic mass is 10.0. The first-order chi connectivity index (χ1) is 15.5. The molecule has 0 saturated carbocycles. The van der Waals surface area contributed by atoms with Gasteiger partial charge in [0.25, 0.3) is 0 Å². The van der Waals surface area contributed by atoms with Crippen molar-refractivity contribution >= 4 is 37.7 Å². The van der Waals surface area contributed by atoms with Crippen molar-refractivity contribution in [2.75, 3.05) is 12.5 Å². The minimum Gasteiger partial charge on any atom is -0.504 e. The number of para-hydroxylation sites is 1. The summed E-state index contributed by atoms with van der Waals surface area (Å²) < 4.78 is 12.6. The summed E-state index contributed by atoms with van der Waals surface area (Å²) in [5.74, 6) is 1.07. The van der Waals surface area contributed by atoms with Gasteiger partial charge in [0.15, 0.2) is 11.5 Å². The summed E-state index contributed by atoms with van der Waals surface area (Å²) in [6.45, 7) is 4.08. The Morgan fingerprint density at radius 1 is 1.06 bits per heavy atom. The summed E-state index contributed by atoms with van der Waals surface area (Å²) >= 11 is 1.55. The van der Waals surface area contributed by atoms with Gasteiger partial charge in [-0.05, 0) is 61.4 Å². The summed E-state index contributed by atoms with van der Waals surface area (Å²) in [6, 6.07) is 19.1. The topological polar surface area (TPSA) is 79.9 Å². The molecule has 0 aliphatic rings. The molecule has 2 N–H and O–H groups in total. The highest BCUT2D eigenvalue weighted by atomic mass is 32.1. The average Bonchev–Trinajstić information content (AvgIpc) is 3.20. The van der Waals surface area contributed by atoms with E-state index in [-0.39, 0.29) is 5.75 Å². The van der Waals surface area contributed by atoms with Crippen LogP contribution in [0.15, 0.2) is 70.2 Å². The third kappa shape index (κ3) is 3.67. The third-order valence-electron chi connectivity index (χ3n) is 5.22. The van der Waals surface area contributed by atoms with Gasteiger partial charge >= 0.3 is 0 Å². The van der Waals surface area contributed by atoms with E-state index in [4.69, 9.17) is 14.3 Å². The largest absolute Gasteiger partial charge is 0.504 e. The van der Waals surface area contributed by atoms with Crippen LogP contribution in [0.3, 0.4) is 0 Å².